The van der Waals surface area contributed by atoms with Crippen molar-refractivity contribution in [2.45, 2.75) is 88.0 Å². The summed E-state index contributed by atoms with van der Waals surface area (Å²) >= 11 is 3.25. The monoisotopic (exact) mass is 743 g/mol. The number of nitrogens with one attached hydrogen (secondary N) is 1. The van der Waals surface area contributed by atoms with Crippen LogP contribution in [0, 0.1) is 0 Å². The number of carbonyl (C=O) groups is 3. The van der Waals surface area contributed by atoms with Gasteiger partial charge in [0.15, 0.2) is 12.1 Å². The van der Waals surface area contributed by atoms with Crippen LogP contribution in [0.1, 0.15) is 56.8 Å². The summed E-state index contributed by atoms with van der Waals surface area (Å²) in [5.74, 6) is -7.77. The quantitative estimate of drug-likeness (QED) is 0.213. The summed E-state index contributed by atoms with van der Waals surface area (Å²) in [7, 11) is 0. The van der Waals surface area contributed by atoms with E-state index in [-0.39, 0.29) is 29.8 Å². The van der Waals surface area contributed by atoms with Crippen molar-refractivity contribution < 1.29 is 51.3 Å². The zero-order chi connectivity index (χ0) is 35.6. The van der Waals surface area contributed by atoms with Crippen LogP contribution in [0.3, 0.4) is 0 Å². The maximum atomic E-state index is 16.1. The van der Waals surface area contributed by atoms with Gasteiger partial charge in [-0.3, -0.25) is 9.59 Å². The van der Waals surface area contributed by atoms with Gasteiger partial charge in [0, 0.05) is 28.2 Å². The number of halogens is 6. The first-order chi connectivity index (χ1) is 22.4. The molecule has 2 amide bonds. The number of aliphatic hydroxyl groups is 1. The van der Waals surface area contributed by atoms with Gasteiger partial charge in [0.25, 0.3) is 11.8 Å². The van der Waals surface area contributed by atoms with Gasteiger partial charge in [-0.25, -0.2) is 4.79 Å². The van der Waals surface area contributed by atoms with Crippen LogP contribution < -0.4 is 15.8 Å². The molecule has 3 aromatic carbocycles. The molecule has 2 aliphatic rings. The number of rotatable bonds is 8. The van der Waals surface area contributed by atoms with Gasteiger partial charge >= 0.3 is 18.1 Å². The number of aliphatic hydroxyl groups excluding tert-OH is 1. The summed E-state index contributed by atoms with van der Waals surface area (Å²) in [6, 6.07) is 12.8. The van der Waals surface area contributed by atoms with Crippen LogP contribution in [0.4, 0.5) is 22.0 Å². The van der Waals surface area contributed by atoms with E-state index in [1.165, 1.54) is 29.2 Å². The second kappa shape index (κ2) is 14.7. The fraction of sp³-hybridized carbons (Fsp3) is 0.424. The van der Waals surface area contributed by atoms with E-state index in [2.05, 4.69) is 21.2 Å². The third kappa shape index (κ3) is 8.60. The molecule has 0 aromatic heterocycles. The zero-order valence-corrected chi connectivity index (χ0v) is 27.5. The molecule has 15 heteroatoms. The van der Waals surface area contributed by atoms with E-state index in [9.17, 15) is 27.9 Å². The summed E-state index contributed by atoms with van der Waals surface area (Å²) < 4.78 is 70.2. The molecular weight excluding hydrogens is 709 g/mol. The molecule has 4 atom stereocenters. The fourth-order valence-corrected chi connectivity index (χ4v) is 6.27. The van der Waals surface area contributed by atoms with Crippen LogP contribution in [0.15, 0.2) is 65.1 Å². The maximum Gasteiger partial charge on any atom is 0.490 e. The highest BCUT2D eigenvalue weighted by Crippen LogP contribution is 2.40. The molecule has 0 spiro atoms. The highest BCUT2D eigenvalue weighted by Gasteiger charge is 2.53. The van der Waals surface area contributed by atoms with Crippen molar-refractivity contribution in [3.05, 3.63) is 76.3 Å². The molecule has 2 fully saturated rings. The normalized spacial score (nSPS) is 20.5. The van der Waals surface area contributed by atoms with Crippen molar-refractivity contribution in [2.24, 2.45) is 5.73 Å². The first-order valence-electron chi connectivity index (χ1n) is 15.1. The van der Waals surface area contributed by atoms with E-state index < -0.39 is 47.6 Å². The number of nitrogens with zero attached hydrogens (tertiary/aromatic N) is 1. The largest absolute Gasteiger partial charge is 0.491 e. The van der Waals surface area contributed by atoms with Crippen molar-refractivity contribution in [1.82, 2.24) is 10.2 Å². The molecule has 0 saturated carbocycles. The van der Waals surface area contributed by atoms with Gasteiger partial charge in [-0.2, -0.15) is 22.0 Å². The average molecular weight is 745 g/mol. The van der Waals surface area contributed by atoms with Crippen molar-refractivity contribution in [1.29, 1.82) is 0 Å². The number of carbonyl (C=O) groups excluding carboxylic acids is 2. The van der Waals surface area contributed by atoms with Crippen LogP contribution in [0.25, 0.3) is 10.8 Å². The number of nitrogens with two attached hydrogens (primary N) is 1. The number of hydrogen-bond acceptors (Lipinski definition) is 6. The van der Waals surface area contributed by atoms with Crippen molar-refractivity contribution >= 4 is 44.5 Å². The molecule has 5 rings (SSSR count). The first kappa shape index (κ1) is 37.0. The SMILES string of the molecule is CC(C)Oc1ccc2cc([C@H](O)C(=O)N[C@@H](C(=O)N3C4CCC3CC(N)C4)C(F)(F)c3ccc(Br)cc3)ccc2c1.O=C(O)C(F)(F)F. The highest BCUT2D eigenvalue weighted by molar-refractivity contribution is 9.10. The van der Waals surface area contributed by atoms with Gasteiger partial charge in [-0.1, -0.05) is 46.3 Å². The van der Waals surface area contributed by atoms with Crippen molar-refractivity contribution in [2.75, 3.05) is 0 Å². The van der Waals surface area contributed by atoms with Crippen LogP contribution >= 0.6 is 15.9 Å². The number of piperidine rings is 1. The lowest BCUT2D eigenvalue weighted by Gasteiger charge is -2.41. The number of fused-ring (bicyclic) bond motifs is 3. The smallest absolute Gasteiger partial charge is 0.490 e. The Labute approximate surface area is 281 Å². The Balaban J connectivity index is 0.000000671. The standard InChI is InChI=1S/C31H34BrF2N3O4.C2HF3O2/c1-17(2)41-26-12-5-18-13-20(4-3-19(18)14-26)27(38)29(39)36-28(31(33,34)21-6-8-22(32)9-7-21)30(40)37-24-10-11-25(37)16-23(35)15-24;3-2(4,5)1(6)7/h3-9,12-14,17,23-25,27-28,38H,10-11,15-16,35H2,1-2H3,(H,36,39);(H,6,7)/t23?,24?,25?,27-,28-;/m0./s1. The number of benzene rings is 3. The minimum Gasteiger partial charge on any atom is -0.491 e. The molecule has 48 heavy (non-hydrogen) atoms. The van der Waals surface area contributed by atoms with E-state index >= 15 is 8.78 Å². The number of carboxylic acids is 1. The van der Waals surface area contributed by atoms with Gasteiger partial charge in [-0.05, 0) is 86.2 Å². The molecule has 2 heterocycles. The summed E-state index contributed by atoms with van der Waals surface area (Å²) in [4.78, 5) is 37.5. The fourth-order valence-electron chi connectivity index (χ4n) is 6.00. The van der Waals surface area contributed by atoms with Gasteiger partial charge < -0.3 is 30.9 Å². The summed E-state index contributed by atoms with van der Waals surface area (Å²) in [6.07, 6.45) is -4.45. The summed E-state index contributed by atoms with van der Waals surface area (Å²) in [5, 5.41) is 21.9. The third-order valence-corrected chi connectivity index (χ3v) is 8.69. The Morgan fingerprint density at radius 3 is 2.02 bits per heavy atom. The van der Waals surface area contributed by atoms with Crippen molar-refractivity contribution in [3.8, 4) is 5.75 Å². The summed E-state index contributed by atoms with van der Waals surface area (Å²) in [6.45, 7) is 3.84. The molecule has 0 radical (unpaired) electrons. The molecule has 2 saturated heterocycles. The topological polar surface area (TPSA) is 142 Å². The lowest BCUT2D eigenvalue weighted by Crippen LogP contribution is -2.61. The van der Waals surface area contributed by atoms with Gasteiger partial charge in [0.1, 0.15) is 5.75 Å². The minimum atomic E-state index is -5.08. The molecule has 0 aliphatic carbocycles. The Morgan fingerprint density at radius 2 is 1.48 bits per heavy atom. The first-order valence-corrected chi connectivity index (χ1v) is 15.9. The van der Waals surface area contributed by atoms with Gasteiger partial charge in [0.05, 0.1) is 6.10 Å². The number of alkyl halides is 5. The van der Waals surface area contributed by atoms with E-state index in [0.717, 1.165) is 10.8 Å². The molecule has 2 bridgehead atoms. The Hall–Kier alpha value is -3.82. The minimum absolute atomic E-state index is 0.000277. The summed E-state index contributed by atoms with van der Waals surface area (Å²) in [5.41, 5.74) is 5.94. The van der Waals surface area contributed by atoms with E-state index in [4.69, 9.17) is 20.4 Å². The lowest BCUT2D eigenvalue weighted by molar-refractivity contribution is -0.192. The second-order valence-corrected chi connectivity index (χ2v) is 13.0. The number of ether oxygens (including phenoxy) is 1. The van der Waals surface area contributed by atoms with Gasteiger partial charge in [-0.15, -0.1) is 0 Å². The van der Waals surface area contributed by atoms with E-state index in [1.807, 2.05) is 19.9 Å². The third-order valence-electron chi connectivity index (χ3n) is 8.16. The molecule has 5 N–H and O–H groups in total. The maximum absolute atomic E-state index is 16.1. The second-order valence-electron chi connectivity index (χ2n) is 12.1. The predicted molar refractivity (Wildman–Crippen MR) is 169 cm³/mol. The Bertz CT molecular complexity index is 1620. The molecule has 2 aliphatic heterocycles. The molecule has 9 nitrogen and oxygen atoms in total. The van der Waals surface area contributed by atoms with Crippen LogP contribution in [0.2, 0.25) is 0 Å². The molecule has 3 aromatic rings. The number of hydrogen-bond donors (Lipinski definition) is 4. The van der Waals surface area contributed by atoms with Crippen molar-refractivity contribution in [3.63, 3.8) is 0 Å². The van der Waals surface area contributed by atoms with Crippen LogP contribution in [0.5, 0.6) is 5.75 Å². The van der Waals surface area contributed by atoms with E-state index in [1.54, 1.807) is 30.3 Å². The van der Waals surface area contributed by atoms with Gasteiger partial charge in [0.2, 0.25) is 0 Å². The number of amides is 2. The number of carboxylic acid groups (broad SMARTS) is 1. The lowest BCUT2D eigenvalue weighted by atomic mass is 9.94. The number of aliphatic carboxylic acids is 1. The Kier molecular flexibility index (Phi) is 11.4. The highest BCUT2D eigenvalue weighted by atomic mass is 79.9. The average Bonchev–Trinajstić information content (AvgIpc) is 3.28. The van der Waals surface area contributed by atoms with Crippen LogP contribution in [-0.4, -0.2) is 69.3 Å². The molecular formula is C33H35BrF5N3O6. The van der Waals surface area contributed by atoms with E-state index in [0.29, 0.717) is 35.9 Å². The van der Waals surface area contributed by atoms with Crippen LogP contribution in [-0.2, 0) is 20.3 Å². The molecule has 2 unspecified atom stereocenters. The Morgan fingerprint density at radius 1 is 0.938 bits per heavy atom. The predicted octanol–water partition coefficient (Wildman–Crippen LogP) is 5.81. The zero-order valence-electron chi connectivity index (χ0n) is 25.9. The molecule has 260 valence electrons.